The minimum atomic E-state index is -2.87. The number of hydrogen-bond donors (Lipinski definition) is 2. The van der Waals surface area contributed by atoms with Crippen LogP contribution in [0.3, 0.4) is 0 Å². The van der Waals surface area contributed by atoms with Gasteiger partial charge in [0, 0.05) is 24.1 Å². The van der Waals surface area contributed by atoms with Gasteiger partial charge in [-0.15, -0.1) is 32.5 Å². The fraction of sp³-hybridized carbons (Fsp3) is 0.333. The Bertz CT molecular complexity index is 402. The van der Waals surface area contributed by atoms with E-state index < -0.39 is 8.25 Å². The largest absolute Gasteiger partial charge is 0.692 e. The predicted molar refractivity (Wildman–Crippen MR) is 79.6 cm³/mol. The molecule has 0 amide bonds. The van der Waals surface area contributed by atoms with E-state index in [0.29, 0.717) is 0 Å². The minimum absolute atomic E-state index is 1.40. The van der Waals surface area contributed by atoms with Crippen LogP contribution in [0.4, 0.5) is 0 Å². The van der Waals surface area contributed by atoms with Crippen molar-refractivity contribution in [3.8, 4) is 0 Å². The number of rotatable bonds is 0. The van der Waals surface area contributed by atoms with Crippen LogP contribution in [0.1, 0.15) is 19.5 Å². The lowest BCUT2D eigenvalue weighted by molar-refractivity contribution is 0.405. The van der Waals surface area contributed by atoms with E-state index in [9.17, 15) is 0 Å². The van der Waals surface area contributed by atoms with Crippen LogP contribution in [0, 0.1) is 27.7 Å². The fourth-order valence-electron chi connectivity index (χ4n) is 1.11. The van der Waals surface area contributed by atoms with E-state index in [1.807, 2.05) is 22.7 Å². The molecule has 0 saturated carbocycles. The molecule has 0 aliphatic heterocycles. The maximum Gasteiger partial charge on any atom is 0.692 e. The molecule has 0 radical (unpaired) electrons. The van der Waals surface area contributed by atoms with Crippen LogP contribution in [0.15, 0.2) is 24.3 Å². The van der Waals surface area contributed by atoms with Gasteiger partial charge in [0.1, 0.15) is 0 Å². The third-order valence-electron chi connectivity index (χ3n) is 1.75. The second kappa shape index (κ2) is 9.36. The fourth-order valence-corrected chi connectivity index (χ4v) is 2.67. The summed E-state index contributed by atoms with van der Waals surface area (Å²) in [4.78, 5) is 19.8. The summed E-state index contributed by atoms with van der Waals surface area (Å²) in [6, 6.07) is 8.56. The first-order valence-corrected chi connectivity index (χ1v) is 8.02. The Kier molecular flexibility index (Phi) is 9.06. The molecule has 0 fully saturated rings. The smallest absolute Gasteiger partial charge is 0.146 e. The van der Waals surface area contributed by atoms with E-state index in [1.54, 1.807) is 0 Å². The van der Waals surface area contributed by atoms with Crippen molar-refractivity contribution in [1.82, 2.24) is 0 Å². The van der Waals surface area contributed by atoms with Crippen LogP contribution in [0.2, 0.25) is 0 Å². The van der Waals surface area contributed by atoms with Gasteiger partial charge in [-0.25, -0.2) is 0 Å². The third-order valence-corrected chi connectivity index (χ3v) is 3.58. The van der Waals surface area contributed by atoms with Gasteiger partial charge in [0.05, 0.1) is 0 Å². The van der Waals surface area contributed by atoms with Gasteiger partial charge in [0.15, 0.2) is 0 Å². The zero-order chi connectivity index (χ0) is 14.1. The summed E-state index contributed by atoms with van der Waals surface area (Å²) in [6.07, 6.45) is 0. The Morgan fingerprint density at radius 2 is 0.944 bits per heavy atom. The second-order valence-electron chi connectivity index (χ2n) is 3.57. The van der Waals surface area contributed by atoms with Gasteiger partial charge in [-0.1, -0.05) is 0 Å². The molecule has 0 bridgehead atoms. The van der Waals surface area contributed by atoms with Crippen LogP contribution in [-0.4, -0.2) is 9.79 Å². The Morgan fingerprint density at radius 1 is 0.778 bits per heavy atom. The van der Waals surface area contributed by atoms with Crippen LogP contribution in [0.5, 0.6) is 0 Å². The van der Waals surface area contributed by atoms with Crippen molar-refractivity contribution >= 4 is 30.9 Å². The summed E-state index contributed by atoms with van der Waals surface area (Å²) < 4.78 is 8.70. The average molecular weight is 305 g/mol. The van der Waals surface area contributed by atoms with E-state index in [4.69, 9.17) is 14.4 Å². The predicted octanol–water partition coefficient (Wildman–Crippen LogP) is 4.36. The summed E-state index contributed by atoms with van der Waals surface area (Å²) in [7, 11) is -2.87. The topological polar surface area (TPSA) is 57.5 Å². The Balaban J connectivity index is 0.000000253. The van der Waals surface area contributed by atoms with Crippen molar-refractivity contribution in [3.63, 3.8) is 0 Å². The zero-order valence-corrected chi connectivity index (χ0v) is 13.4. The monoisotopic (exact) mass is 305 g/mol. The third kappa shape index (κ3) is 10.6. The molecule has 3 nitrogen and oxygen atoms in total. The van der Waals surface area contributed by atoms with Gasteiger partial charge in [0.25, 0.3) is 0 Å². The molecule has 2 heterocycles. The molecule has 100 valence electrons. The van der Waals surface area contributed by atoms with Gasteiger partial charge in [-0.2, -0.15) is 0 Å². The van der Waals surface area contributed by atoms with Crippen molar-refractivity contribution in [2.24, 2.45) is 0 Å². The van der Waals surface area contributed by atoms with Crippen molar-refractivity contribution in [2.45, 2.75) is 27.7 Å². The number of hydrogen-bond acceptors (Lipinski definition) is 3. The van der Waals surface area contributed by atoms with Gasteiger partial charge >= 0.3 is 8.25 Å². The molecule has 6 heteroatoms. The highest BCUT2D eigenvalue weighted by Crippen LogP contribution is 2.12. The number of thiophene rings is 2. The van der Waals surface area contributed by atoms with E-state index in [-0.39, 0.29) is 0 Å². The number of aryl methyl sites for hydroxylation is 4. The highest BCUT2D eigenvalue weighted by molar-refractivity contribution is 7.30. The van der Waals surface area contributed by atoms with Gasteiger partial charge < -0.3 is 0 Å². The van der Waals surface area contributed by atoms with Gasteiger partial charge in [0.2, 0.25) is 0 Å². The molecule has 0 unspecified atom stereocenters. The Morgan fingerprint density at radius 3 is 1.00 bits per heavy atom. The quantitative estimate of drug-likeness (QED) is 0.711. The van der Waals surface area contributed by atoms with Crippen LogP contribution >= 0.6 is 30.9 Å². The van der Waals surface area contributed by atoms with Crippen LogP contribution < -0.4 is 0 Å². The van der Waals surface area contributed by atoms with Crippen LogP contribution in [0.25, 0.3) is 0 Å². The van der Waals surface area contributed by atoms with Crippen molar-refractivity contribution in [3.05, 3.63) is 43.8 Å². The van der Waals surface area contributed by atoms with Crippen molar-refractivity contribution < 1.29 is 14.4 Å². The summed E-state index contributed by atoms with van der Waals surface area (Å²) in [5, 5.41) is 0. The molecule has 2 rings (SSSR count). The lowest BCUT2D eigenvalue weighted by atomic mass is 10.5. The standard InChI is InChI=1S/2C6H8S.HO3P/c2*1-5-3-4-6(2)7-5;1-4(2)3/h2*3-4H,1-2H3;(H-,1,2,3)/p+1. The summed E-state index contributed by atoms with van der Waals surface area (Å²) >= 11 is 3.69. The average Bonchev–Trinajstić information content (AvgIpc) is 2.76. The van der Waals surface area contributed by atoms with E-state index in [2.05, 4.69) is 52.0 Å². The summed E-state index contributed by atoms with van der Waals surface area (Å²) in [5.41, 5.74) is 0. The molecule has 0 aromatic carbocycles. The van der Waals surface area contributed by atoms with E-state index >= 15 is 0 Å². The maximum atomic E-state index is 8.70. The van der Waals surface area contributed by atoms with Crippen LogP contribution in [-0.2, 0) is 4.57 Å². The summed E-state index contributed by atoms with van der Waals surface area (Å²) in [6.45, 7) is 8.49. The van der Waals surface area contributed by atoms with E-state index in [1.165, 1.54) is 19.5 Å². The highest BCUT2D eigenvalue weighted by Gasteiger charge is 1.93. The maximum absolute atomic E-state index is 8.70. The zero-order valence-electron chi connectivity index (χ0n) is 10.9. The minimum Gasteiger partial charge on any atom is -0.146 e. The molecule has 0 aliphatic carbocycles. The van der Waals surface area contributed by atoms with Gasteiger partial charge in [-0.3, -0.25) is 0 Å². The first kappa shape index (κ1) is 17.4. The molecule has 0 atom stereocenters. The molecule has 2 N–H and O–H groups in total. The molecule has 0 spiro atoms. The van der Waals surface area contributed by atoms with Crippen molar-refractivity contribution in [1.29, 1.82) is 0 Å². The van der Waals surface area contributed by atoms with Crippen molar-refractivity contribution in [2.75, 3.05) is 0 Å². The molecule has 0 aliphatic rings. The first-order valence-electron chi connectivity index (χ1n) is 5.22. The molecule has 0 saturated heterocycles. The molecule has 2 aromatic heterocycles. The molecule has 2 aromatic rings. The highest BCUT2D eigenvalue weighted by atomic mass is 32.1. The first-order chi connectivity index (χ1) is 8.31. The molecular formula is C12H18O3PS2+. The summed E-state index contributed by atoms with van der Waals surface area (Å²) in [5.74, 6) is 0. The molecular weight excluding hydrogens is 287 g/mol. The lowest BCUT2D eigenvalue weighted by Gasteiger charge is -1.71. The normalized spacial score (nSPS) is 8.78. The Labute approximate surface area is 117 Å². The lowest BCUT2D eigenvalue weighted by Crippen LogP contribution is -1.44. The second-order valence-corrected chi connectivity index (χ2v) is 7.06. The Hall–Kier alpha value is -0.580. The van der Waals surface area contributed by atoms with E-state index in [0.717, 1.165) is 0 Å². The molecule has 18 heavy (non-hydrogen) atoms. The SMILES string of the molecule is Cc1ccc(C)s1.Cc1ccc(C)s1.O=[P+](O)O. The van der Waals surface area contributed by atoms with Gasteiger partial charge in [-0.05, 0) is 52.0 Å².